The number of rotatable bonds is 1. The molecule has 2 aliphatic rings. The average Bonchev–Trinajstić information content (AvgIpc) is 2.72. The van der Waals surface area contributed by atoms with Crippen LogP contribution in [0.5, 0.6) is 0 Å². The Bertz CT molecular complexity index is 700. The number of benzene rings is 1. The summed E-state index contributed by atoms with van der Waals surface area (Å²) >= 11 is 9.89. The van der Waals surface area contributed by atoms with E-state index in [1.54, 1.807) is 0 Å². The molecule has 4 heteroatoms. The van der Waals surface area contributed by atoms with Crippen LogP contribution in [-0.2, 0) is 12.8 Å². The number of pyridine rings is 1. The molecule has 0 spiro atoms. The summed E-state index contributed by atoms with van der Waals surface area (Å²) in [6.45, 7) is 2.35. The molecular weight excluding hydrogens is 384 g/mol. The van der Waals surface area contributed by atoms with Crippen molar-refractivity contribution in [2.45, 2.75) is 31.6 Å². The van der Waals surface area contributed by atoms with Gasteiger partial charge in [0, 0.05) is 21.6 Å². The van der Waals surface area contributed by atoms with Crippen molar-refractivity contribution < 1.29 is 0 Å². The number of aryl methyl sites for hydroxylation is 2. The highest BCUT2D eigenvalue weighted by Crippen LogP contribution is 2.43. The summed E-state index contributed by atoms with van der Waals surface area (Å²) in [5.41, 5.74) is 5.53. The average molecular weight is 406 g/mol. The van der Waals surface area contributed by atoms with Crippen molar-refractivity contribution in [3.63, 3.8) is 0 Å². The van der Waals surface area contributed by atoms with E-state index in [1.807, 2.05) is 12.3 Å². The molecule has 0 saturated carbocycles. The molecule has 1 atom stereocenters. The summed E-state index contributed by atoms with van der Waals surface area (Å²) in [4.78, 5) is 7.32. The minimum absolute atomic E-state index is 0.400. The highest BCUT2D eigenvalue weighted by atomic mass is 79.9. The van der Waals surface area contributed by atoms with Gasteiger partial charge in [-0.2, -0.15) is 0 Å². The number of nitrogens with zero attached hydrogens (tertiary/aromatic N) is 2. The van der Waals surface area contributed by atoms with Crippen molar-refractivity contribution in [3.8, 4) is 0 Å². The van der Waals surface area contributed by atoms with Crippen LogP contribution in [-0.4, -0.2) is 30.0 Å². The van der Waals surface area contributed by atoms with Gasteiger partial charge in [0.25, 0.3) is 0 Å². The number of hydrogen-bond donors (Lipinski definition) is 0. The molecule has 126 valence electrons. The van der Waals surface area contributed by atoms with Gasteiger partial charge < -0.3 is 4.90 Å². The van der Waals surface area contributed by atoms with Crippen LogP contribution in [0.25, 0.3) is 0 Å². The van der Waals surface area contributed by atoms with E-state index in [4.69, 9.17) is 16.6 Å². The van der Waals surface area contributed by atoms with E-state index in [1.165, 1.54) is 48.3 Å². The normalized spacial score (nSPS) is 21.9. The first-order valence-corrected chi connectivity index (χ1v) is 9.90. The Kier molecular flexibility index (Phi) is 4.68. The Morgan fingerprint density at radius 3 is 2.67 bits per heavy atom. The van der Waals surface area contributed by atoms with E-state index in [2.05, 4.69) is 46.1 Å². The standard InChI is InChI=1S/C20H22BrClN2/c1-24-8-6-13(7-9-24)19-18-5-4-17(22)11-14(18)2-3-15-10-16(21)12-23-20(15)19/h4-5,10-13,19H,2-3,6-9H2,1H3/t19-/m1/s1. The molecule has 0 bridgehead atoms. The predicted octanol–water partition coefficient (Wildman–Crippen LogP) is 5.07. The zero-order valence-corrected chi connectivity index (χ0v) is 16.3. The molecule has 2 aromatic rings. The van der Waals surface area contributed by atoms with Crippen molar-refractivity contribution in [2.24, 2.45) is 5.92 Å². The molecule has 0 amide bonds. The summed E-state index contributed by atoms with van der Waals surface area (Å²) in [7, 11) is 2.22. The Balaban J connectivity index is 1.82. The Morgan fingerprint density at radius 2 is 1.88 bits per heavy atom. The van der Waals surface area contributed by atoms with Crippen molar-refractivity contribution >= 4 is 27.5 Å². The number of aromatic nitrogens is 1. The van der Waals surface area contributed by atoms with E-state index in [-0.39, 0.29) is 0 Å². The number of likely N-dealkylation sites (tertiary alicyclic amines) is 1. The third kappa shape index (κ3) is 3.14. The second-order valence-electron chi connectivity index (χ2n) is 7.16. The molecule has 24 heavy (non-hydrogen) atoms. The Morgan fingerprint density at radius 1 is 1.12 bits per heavy atom. The molecule has 1 aliphatic heterocycles. The third-order valence-electron chi connectivity index (χ3n) is 5.60. The number of piperidine rings is 1. The quantitative estimate of drug-likeness (QED) is 0.658. The third-order valence-corrected chi connectivity index (χ3v) is 6.27. The van der Waals surface area contributed by atoms with E-state index in [9.17, 15) is 0 Å². The molecule has 0 radical (unpaired) electrons. The van der Waals surface area contributed by atoms with Gasteiger partial charge in [0.15, 0.2) is 0 Å². The fourth-order valence-electron chi connectivity index (χ4n) is 4.32. The highest BCUT2D eigenvalue weighted by Gasteiger charge is 2.33. The topological polar surface area (TPSA) is 16.1 Å². The molecule has 1 saturated heterocycles. The fourth-order valence-corrected chi connectivity index (χ4v) is 4.90. The van der Waals surface area contributed by atoms with Gasteiger partial charge in [-0.1, -0.05) is 17.7 Å². The minimum atomic E-state index is 0.400. The second-order valence-corrected chi connectivity index (χ2v) is 8.51. The monoisotopic (exact) mass is 404 g/mol. The molecule has 1 aromatic heterocycles. The first kappa shape index (κ1) is 16.6. The van der Waals surface area contributed by atoms with Gasteiger partial charge in [0.05, 0.1) is 5.69 Å². The van der Waals surface area contributed by atoms with Crippen LogP contribution in [0.1, 0.15) is 41.1 Å². The van der Waals surface area contributed by atoms with E-state index in [0.717, 1.165) is 22.3 Å². The van der Waals surface area contributed by atoms with Crippen LogP contribution in [0.15, 0.2) is 34.9 Å². The molecule has 1 aromatic carbocycles. The Hall–Kier alpha value is -0.900. The molecule has 2 heterocycles. The maximum Gasteiger partial charge on any atom is 0.0514 e. The van der Waals surface area contributed by atoms with Gasteiger partial charge in [-0.25, -0.2) is 0 Å². The largest absolute Gasteiger partial charge is 0.306 e. The van der Waals surface area contributed by atoms with Crippen LogP contribution in [0.4, 0.5) is 0 Å². The van der Waals surface area contributed by atoms with E-state index >= 15 is 0 Å². The second kappa shape index (κ2) is 6.78. The minimum Gasteiger partial charge on any atom is -0.306 e. The van der Waals surface area contributed by atoms with E-state index < -0.39 is 0 Å². The lowest BCUT2D eigenvalue weighted by molar-refractivity contribution is 0.206. The summed E-state index contributed by atoms with van der Waals surface area (Å²) in [5, 5.41) is 0.843. The van der Waals surface area contributed by atoms with Gasteiger partial charge in [-0.15, -0.1) is 0 Å². The summed E-state index contributed by atoms with van der Waals surface area (Å²) in [5.74, 6) is 1.06. The molecule has 1 fully saturated rings. The number of halogens is 2. The zero-order valence-electron chi connectivity index (χ0n) is 13.9. The Labute approximate surface area is 157 Å². The van der Waals surface area contributed by atoms with Crippen molar-refractivity contribution in [2.75, 3.05) is 20.1 Å². The van der Waals surface area contributed by atoms with Crippen LogP contribution >= 0.6 is 27.5 Å². The number of hydrogen-bond acceptors (Lipinski definition) is 2. The molecular formula is C20H22BrClN2. The lowest BCUT2D eigenvalue weighted by Gasteiger charge is -2.35. The molecule has 1 aliphatic carbocycles. The predicted molar refractivity (Wildman–Crippen MR) is 103 cm³/mol. The van der Waals surface area contributed by atoms with Gasteiger partial charge in [-0.3, -0.25) is 4.98 Å². The van der Waals surface area contributed by atoms with Crippen LogP contribution in [0.3, 0.4) is 0 Å². The van der Waals surface area contributed by atoms with Crippen molar-refractivity contribution in [3.05, 3.63) is 62.3 Å². The number of fused-ring (bicyclic) bond motifs is 2. The van der Waals surface area contributed by atoms with Gasteiger partial charge in [0.2, 0.25) is 0 Å². The summed E-state index contributed by atoms with van der Waals surface area (Å²) in [6.07, 6.45) is 6.52. The maximum absolute atomic E-state index is 6.29. The first-order valence-electron chi connectivity index (χ1n) is 8.73. The zero-order chi connectivity index (χ0) is 16.7. The lowest BCUT2D eigenvalue weighted by Crippen LogP contribution is -2.33. The fraction of sp³-hybridized carbons (Fsp3) is 0.450. The first-order chi connectivity index (χ1) is 11.6. The SMILES string of the molecule is CN1CCC([C@@H]2c3ccc(Cl)cc3CCc3cc(Br)cnc32)CC1. The molecule has 2 nitrogen and oxygen atoms in total. The van der Waals surface area contributed by atoms with Gasteiger partial charge in [-0.05, 0) is 103 Å². The lowest BCUT2D eigenvalue weighted by atomic mass is 9.76. The molecule has 0 N–H and O–H groups in total. The van der Waals surface area contributed by atoms with Crippen LogP contribution in [0, 0.1) is 5.92 Å². The molecule has 4 rings (SSSR count). The van der Waals surface area contributed by atoms with E-state index in [0.29, 0.717) is 11.8 Å². The van der Waals surface area contributed by atoms with Crippen LogP contribution in [0.2, 0.25) is 5.02 Å². The summed E-state index contributed by atoms with van der Waals surface area (Å²) < 4.78 is 1.08. The van der Waals surface area contributed by atoms with Crippen LogP contribution < -0.4 is 0 Å². The van der Waals surface area contributed by atoms with Crippen molar-refractivity contribution in [1.29, 1.82) is 0 Å². The molecule has 0 unspecified atom stereocenters. The highest BCUT2D eigenvalue weighted by molar-refractivity contribution is 9.10. The summed E-state index contributed by atoms with van der Waals surface area (Å²) in [6, 6.07) is 8.73. The van der Waals surface area contributed by atoms with Gasteiger partial charge >= 0.3 is 0 Å². The van der Waals surface area contributed by atoms with Crippen molar-refractivity contribution in [1.82, 2.24) is 9.88 Å². The van der Waals surface area contributed by atoms with Gasteiger partial charge in [0.1, 0.15) is 0 Å². The smallest absolute Gasteiger partial charge is 0.0514 e. The maximum atomic E-state index is 6.29.